The van der Waals surface area contributed by atoms with Crippen LogP contribution in [0.1, 0.15) is 17.3 Å². The summed E-state index contributed by atoms with van der Waals surface area (Å²) in [5.41, 5.74) is 0.738. The Bertz CT molecular complexity index is 752. The Labute approximate surface area is 151 Å². The Balaban J connectivity index is 1.98. The Morgan fingerprint density at radius 3 is 2.27 bits per heavy atom. The van der Waals surface area contributed by atoms with Gasteiger partial charge in [0.25, 0.3) is 5.91 Å². The molecule has 0 saturated carbocycles. The third kappa shape index (κ3) is 5.14. The van der Waals surface area contributed by atoms with E-state index < -0.39 is 18.5 Å². The van der Waals surface area contributed by atoms with Gasteiger partial charge in [0.15, 0.2) is 6.61 Å². The highest BCUT2D eigenvalue weighted by molar-refractivity contribution is 5.96. The fourth-order valence-corrected chi connectivity index (χ4v) is 2.18. The van der Waals surface area contributed by atoms with Gasteiger partial charge < -0.3 is 24.3 Å². The van der Waals surface area contributed by atoms with E-state index in [1.807, 2.05) is 6.92 Å². The molecule has 2 rings (SSSR count). The van der Waals surface area contributed by atoms with E-state index in [4.69, 9.17) is 18.9 Å². The van der Waals surface area contributed by atoms with Crippen molar-refractivity contribution in [2.24, 2.45) is 0 Å². The summed E-state index contributed by atoms with van der Waals surface area (Å²) >= 11 is 0. The molecular weight excluding hydrogens is 338 g/mol. The zero-order valence-electron chi connectivity index (χ0n) is 14.9. The number of carbonyl (C=O) groups is 2. The molecule has 0 bridgehead atoms. The van der Waals surface area contributed by atoms with Gasteiger partial charge in [-0.15, -0.1) is 0 Å². The highest BCUT2D eigenvalue weighted by Gasteiger charge is 2.14. The highest BCUT2D eigenvalue weighted by atomic mass is 16.5. The summed E-state index contributed by atoms with van der Waals surface area (Å²) in [4.78, 5) is 24.2. The molecule has 2 aromatic carbocycles. The van der Waals surface area contributed by atoms with Gasteiger partial charge in [0, 0.05) is 6.07 Å². The number of rotatable bonds is 8. The number of ether oxygens (including phenoxy) is 4. The molecule has 0 aromatic heterocycles. The van der Waals surface area contributed by atoms with E-state index >= 15 is 0 Å². The number of hydrogen-bond donors (Lipinski definition) is 1. The van der Waals surface area contributed by atoms with Crippen LogP contribution in [0.2, 0.25) is 0 Å². The van der Waals surface area contributed by atoms with Crippen LogP contribution in [-0.2, 0) is 9.53 Å². The Morgan fingerprint density at radius 1 is 1.00 bits per heavy atom. The first kappa shape index (κ1) is 19.1. The standard InChI is InChI=1S/C19H21NO6/c1-4-25-17-8-6-5-7-16(17)20-18(21)12-26-19(22)13-9-14(23-2)11-15(10-13)24-3/h5-11H,4,12H2,1-3H3,(H,20,21). The van der Waals surface area contributed by atoms with E-state index in [1.54, 1.807) is 30.3 Å². The molecule has 0 saturated heterocycles. The molecule has 0 radical (unpaired) electrons. The number of amides is 1. The molecule has 0 aliphatic heterocycles. The number of esters is 1. The molecule has 0 aliphatic carbocycles. The van der Waals surface area contributed by atoms with Crippen LogP contribution < -0.4 is 19.5 Å². The van der Waals surface area contributed by atoms with Crippen LogP contribution >= 0.6 is 0 Å². The van der Waals surface area contributed by atoms with Crippen molar-refractivity contribution >= 4 is 17.6 Å². The zero-order chi connectivity index (χ0) is 18.9. The van der Waals surface area contributed by atoms with Gasteiger partial charge in [-0.05, 0) is 31.2 Å². The van der Waals surface area contributed by atoms with Crippen molar-refractivity contribution in [1.29, 1.82) is 0 Å². The number of anilines is 1. The third-order valence-electron chi connectivity index (χ3n) is 3.38. The number of para-hydroxylation sites is 2. The Kier molecular flexibility index (Phi) is 6.84. The van der Waals surface area contributed by atoms with Crippen molar-refractivity contribution in [3.8, 4) is 17.2 Å². The van der Waals surface area contributed by atoms with Crippen LogP contribution in [0.5, 0.6) is 17.2 Å². The quantitative estimate of drug-likeness (QED) is 0.730. The van der Waals surface area contributed by atoms with Gasteiger partial charge in [0.2, 0.25) is 0 Å². The summed E-state index contributed by atoms with van der Waals surface area (Å²) in [5.74, 6) is 0.320. The molecule has 7 heteroatoms. The molecule has 7 nitrogen and oxygen atoms in total. The summed E-state index contributed by atoms with van der Waals surface area (Å²) in [6, 6.07) is 11.7. The lowest BCUT2D eigenvalue weighted by atomic mass is 10.2. The van der Waals surface area contributed by atoms with Crippen LogP contribution in [0.25, 0.3) is 0 Å². The second-order valence-electron chi connectivity index (χ2n) is 5.15. The lowest BCUT2D eigenvalue weighted by Gasteiger charge is -2.12. The lowest BCUT2D eigenvalue weighted by Crippen LogP contribution is -2.21. The summed E-state index contributed by atoms with van der Waals surface area (Å²) < 4.78 is 20.7. The summed E-state index contributed by atoms with van der Waals surface area (Å²) in [6.07, 6.45) is 0. The number of carbonyl (C=O) groups excluding carboxylic acids is 2. The van der Waals surface area contributed by atoms with Crippen molar-refractivity contribution in [2.75, 3.05) is 32.8 Å². The summed E-state index contributed by atoms with van der Waals surface area (Å²) in [6.45, 7) is 1.89. The largest absolute Gasteiger partial charge is 0.497 e. The smallest absolute Gasteiger partial charge is 0.338 e. The average molecular weight is 359 g/mol. The maximum absolute atomic E-state index is 12.2. The topological polar surface area (TPSA) is 83.1 Å². The molecule has 26 heavy (non-hydrogen) atoms. The number of hydrogen-bond acceptors (Lipinski definition) is 6. The second kappa shape index (κ2) is 9.31. The molecule has 0 fully saturated rings. The molecular formula is C19H21NO6. The van der Waals surface area contributed by atoms with E-state index in [2.05, 4.69) is 5.32 Å². The SMILES string of the molecule is CCOc1ccccc1NC(=O)COC(=O)c1cc(OC)cc(OC)c1. The summed E-state index contributed by atoms with van der Waals surface area (Å²) in [5, 5.41) is 2.66. The number of nitrogens with one attached hydrogen (secondary N) is 1. The van der Waals surface area contributed by atoms with Crippen molar-refractivity contribution < 1.29 is 28.5 Å². The first-order chi connectivity index (χ1) is 12.6. The lowest BCUT2D eigenvalue weighted by molar-refractivity contribution is -0.119. The van der Waals surface area contributed by atoms with Crippen molar-refractivity contribution in [2.45, 2.75) is 6.92 Å². The first-order valence-corrected chi connectivity index (χ1v) is 7.99. The van der Waals surface area contributed by atoms with Gasteiger partial charge in [-0.1, -0.05) is 12.1 Å². The predicted molar refractivity (Wildman–Crippen MR) is 96.1 cm³/mol. The summed E-state index contributed by atoms with van der Waals surface area (Å²) in [7, 11) is 2.96. The van der Waals surface area contributed by atoms with Gasteiger partial charge in [0.1, 0.15) is 17.2 Å². The predicted octanol–water partition coefficient (Wildman–Crippen LogP) is 2.90. The van der Waals surface area contributed by atoms with Gasteiger partial charge >= 0.3 is 5.97 Å². The molecule has 0 atom stereocenters. The Morgan fingerprint density at radius 2 is 1.65 bits per heavy atom. The van der Waals surface area contributed by atoms with Gasteiger partial charge in [0.05, 0.1) is 32.1 Å². The molecule has 2 aromatic rings. The van der Waals surface area contributed by atoms with Crippen LogP contribution in [0.15, 0.2) is 42.5 Å². The number of benzene rings is 2. The van der Waals surface area contributed by atoms with Crippen LogP contribution in [0, 0.1) is 0 Å². The van der Waals surface area contributed by atoms with Crippen LogP contribution in [0.3, 0.4) is 0 Å². The fourth-order valence-electron chi connectivity index (χ4n) is 2.18. The molecule has 0 spiro atoms. The second-order valence-corrected chi connectivity index (χ2v) is 5.15. The minimum Gasteiger partial charge on any atom is -0.497 e. The van der Waals surface area contributed by atoms with E-state index in [-0.39, 0.29) is 5.56 Å². The minimum absolute atomic E-state index is 0.226. The van der Waals surface area contributed by atoms with E-state index in [9.17, 15) is 9.59 Å². The molecule has 1 amide bonds. The monoisotopic (exact) mass is 359 g/mol. The molecule has 0 heterocycles. The normalized spacial score (nSPS) is 9.96. The minimum atomic E-state index is -0.657. The first-order valence-electron chi connectivity index (χ1n) is 7.99. The van der Waals surface area contributed by atoms with Crippen LogP contribution in [-0.4, -0.2) is 39.3 Å². The maximum Gasteiger partial charge on any atom is 0.338 e. The fraction of sp³-hybridized carbons (Fsp3) is 0.263. The van der Waals surface area contributed by atoms with E-state index in [0.29, 0.717) is 29.5 Å². The molecule has 138 valence electrons. The van der Waals surface area contributed by atoms with Crippen molar-refractivity contribution in [3.05, 3.63) is 48.0 Å². The third-order valence-corrected chi connectivity index (χ3v) is 3.38. The number of methoxy groups -OCH3 is 2. The van der Waals surface area contributed by atoms with Gasteiger partial charge in [-0.3, -0.25) is 4.79 Å². The van der Waals surface area contributed by atoms with Gasteiger partial charge in [-0.25, -0.2) is 4.79 Å². The maximum atomic E-state index is 12.2. The highest BCUT2D eigenvalue weighted by Crippen LogP contribution is 2.24. The van der Waals surface area contributed by atoms with E-state index in [0.717, 1.165) is 0 Å². The Hall–Kier alpha value is -3.22. The van der Waals surface area contributed by atoms with E-state index in [1.165, 1.54) is 26.4 Å². The molecule has 1 N–H and O–H groups in total. The van der Waals surface area contributed by atoms with Crippen molar-refractivity contribution in [1.82, 2.24) is 0 Å². The molecule has 0 unspecified atom stereocenters. The van der Waals surface area contributed by atoms with Gasteiger partial charge in [-0.2, -0.15) is 0 Å². The average Bonchev–Trinajstić information content (AvgIpc) is 2.67. The van der Waals surface area contributed by atoms with Crippen molar-refractivity contribution in [3.63, 3.8) is 0 Å². The molecule has 0 aliphatic rings. The zero-order valence-corrected chi connectivity index (χ0v) is 14.9. The van der Waals surface area contributed by atoms with Crippen LogP contribution in [0.4, 0.5) is 5.69 Å².